The number of hydrogen-bond donors (Lipinski definition) is 0. The molecule has 202 valence electrons. The number of ether oxygens (including phenoxy) is 1. The molecular weight excluding hydrogens is 520 g/mol. The summed E-state index contributed by atoms with van der Waals surface area (Å²) in [5.74, 6) is 1.74. The fourth-order valence-corrected chi connectivity index (χ4v) is 5.04. The number of carbonyl (C=O) groups excluding carboxylic acids is 1. The predicted molar refractivity (Wildman–Crippen MR) is 149 cm³/mol. The van der Waals surface area contributed by atoms with Crippen LogP contribution in [0, 0.1) is 11.3 Å². The van der Waals surface area contributed by atoms with Crippen molar-refractivity contribution in [2.75, 3.05) is 26.3 Å². The summed E-state index contributed by atoms with van der Waals surface area (Å²) in [5, 5.41) is 10.5. The van der Waals surface area contributed by atoms with E-state index in [2.05, 4.69) is 16.0 Å². The molecule has 2 aliphatic heterocycles. The van der Waals surface area contributed by atoms with Gasteiger partial charge in [-0.15, -0.1) is 0 Å². The highest BCUT2D eigenvalue weighted by Gasteiger charge is 2.27. The topological polar surface area (TPSA) is 105 Å². The van der Waals surface area contributed by atoms with Crippen molar-refractivity contribution in [3.05, 3.63) is 102 Å². The number of rotatable bonds is 5. The maximum Gasteiger partial charge on any atom is 0.254 e. The number of fused-ring (bicyclic) bond motifs is 2. The van der Waals surface area contributed by atoms with Gasteiger partial charge in [-0.2, -0.15) is 5.26 Å². The van der Waals surface area contributed by atoms with Crippen LogP contribution in [0.4, 0.5) is 0 Å². The largest absolute Gasteiger partial charge is 0.378 e. The third-order valence-electron chi connectivity index (χ3n) is 7.19. The number of nitriles is 1. The quantitative estimate of drug-likeness (QED) is 0.318. The molecule has 2 aliphatic rings. The molecule has 5 aromatic rings. The third-order valence-corrected chi connectivity index (χ3v) is 7.19. The van der Waals surface area contributed by atoms with E-state index in [1.807, 2.05) is 70.1 Å². The van der Waals surface area contributed by atoms with E-state index >= 15 is 0 Å². The summed E-state index contributed by atoms with van der Waals surface area (Å²) in [5.41, 5.74) is 5.43. The Morgan fingerprint density at radius 2 is 1.59 bits per heavy atom. The Hall–Kier alpha value is -5.24. The summed E-state index contributed by atoms with van der Waals surface area (Å²) >= 11 is 0. The molecule has 1 saturated heterocycles. The molecule has 1 fully saturated rings. The van der Waals surface area contributed by atoms with Gasteiger partial charge in [-0.1, -0.05) is 30.3 Å². The molecule has 10 heteroatoms. The van der Waals surface area contributed by atoms with Crippen LogP contribution in [0.25, 0.3) is 28.2 Å². The van der Waals surface area contributed by atoms with E-state index in [1.165, 1.54) is 5.23 Å². The van der Waals surface area contributed by atoms with Crippen molar-refractivity contribution in [3.8, 4) is 40.0 Å². The van der Waals surface area contributed by atoms with Gasteiger partial charge in [0.15, 0.2) is 11.5 Å². The van der Waals surface area contributed by atoms with Crippen LogP contribution < -0.4 is 9.68 Å². The zero-order valence-electron chi connectivity index (χ0n) is 21.9. The Balaban J connectivity index is 1.25. The fourth-order valence-electron chi connectivity index (χ4n) is 5.04. The van der Waals surface area contributed by atoms with Gasteiger partial charge in [-0.25, -0.2) is 9.97 Å². The molecule has 0 saturated carbocycles. The van der Waals surface area contributed by atoms with E-state index in [0.29, 0.717) is 54.7 Å². The smallest absolute Gasteiger partial charge is 0.254 e. The lowest BCUT2D eigenvalue weighted by atomic mass is 9.99. The summed E-state index contributed by atoms with van der Waals surface area (Å²) in [6.07, 6.45) is 5.51. The van der Waals surface area contributed by atoms with Gasteiger partial charge in [0.1, 0.15) is 6.54 Å². The number of imidazole rings is 1. The van der Waals surface area contributed by atoms with Gasteiger partial charge in [0.25, 0.3) is 5.91 Å². The zero-order chi connectivity index (χ0) is 27.8. The summed E-state index contributed by atoms with van der Waals surface area (Å²) in [4.78, 5) is 36.2. The van der Waals surface area contributed by atoms with Crippen LogP contribution >= 0.6 is 0 Å². The molecule has 0 unspecified atom stereocenters. The first-order valence-corrected chi connectivity index (χ1v) is 13.2. The normalized spacial score (nSPS) is 14.8. The lowest BCUT2D eigenvalue weighted by Crippen LogP contribution is -2.41. The van der Waals surface area contributed by atoms with E-state index < -0.39 is 0 Å². The van der Waals surface area contributed by atoms with Gasteiger partial charge in [0.2, 0.25) is 5.78 Å². The summed E-state index contributed by atoms with van der Waals surface area (Å²) < 4.78 is 7.37. The molecule has 41 heavy (non-hydrogen) atoms. The Kier molecular flexibility index (Phi) is 6.28. The second kappa shape index (κ2) is 10.4. The molecule has 0 bridgehead atoms. The number of benzene rings is 3. The van der Waals surface area contributed by atoms with Crippen LogP contribution in [-0.2, 0) is 11.3 Å². The van der Waals surface area contributed by atoms with Gasteiger partial charge < -0.3 is 19.3 Å². The van der Waals surface area contributed by atoms with Crippen LogP contribution in [-0.4, -0.2) is 56.7 Å². The molecule has 0 atom stereocenters. The summed E-state index contributed by atoms with van der Waals surface area (Å²) in [6.45, 7) is 2.35. The fraction of sp³-hybridized carbons (Fsp3) is 0.161. The van der Waals surface area contributed by atoms with Gasteiger partial charge in [-0.3, -0.25) is 9.20 Å². The number of aromatic nitrogens is 3. The van der Waals surface area contributed by atoms with E-state index in [0.717, 1.165) is 27.9 Å². The molecule has 0 spiro atoms. The van der Waals surface area contributed by atoms with Crippen molar-refractivity contribution < 1.29 is 19.2 Å². The number of amides is 1. The predicted octanol–water partition coefficient (Wildman–Crippen LogP) is 4.51. The average Bonchev–Trinajstić information content (AvgIpc) is 3.64. The first-order valence-electron chi connectivity index (χ1n) is 13.2. The van der Waals surface area contributed by atoms with Crippen molar-refractivity contribution >= 4 is 11.7 Å². The van der Waals surface area contributed by atoms with Crippen molar-refractivity contribution in [2.45, 2.75) is 6.54 Å². The Morgan fingerprint density at radius 3 is 2.32 bits per heavy atom. The number of carbonyl (C=O) groups is 1. The van der Waals surface area contributed by atoms with Crippen molar-refractivity contribution in [1.82, 2.24) is 24.5 Å². The third kappa shape index (κ3) is 4.74. The molecule has 4 heterocycles. The first-order chi connectivity index (χ1) is 20.2. The van der Waals surface area contributed by atoms with Gasteiger partial charge in [-0.05, 0) is 47.5 Å². The zero-order valence-corrected chi connectivity index (χ0v) is 21.9. The number of morpholine rings is 1. The maximum absolute atomic E-state index is 13.6. The van der Waals surface area contributed by atoms with Gasteiger partial charge in [0.05, 0.1) is 36.7 Å². The lowest BCUT2D eigenvalue weighted by Gasteiger charge is -2.28. The molecule has 3 aromatic carbocycles. The highest BCUT2D eigenvalue weighted by Crippen LogP contribution is 2.35. The molecule has 7 rings (SSSR count). The molecule has 1 amide bonds. The van der Waals surface area contributed by atoms with E-state index in [-0.39, 0.29) is 12.5 Å². The van der Waals surface area contributed by atoms with Crippen LogP contribution in [0.5, 0.6) is 11.5 Å². The Bertz CT molecular complexity index is 1780. The minimum Gasteiger partial charge on any atom is -0.378 e. The molecule has 0 aliphatic carbocycles. The van der Waals surface area contributed by atoms with Crippen molar-refractivity contribution in [3.63, 3.8) is 0 Å². The summed E-state index contributed by atoms with van der Waals surface area (Å²) in [7, 11) is 0. The van der Waals surface area contributed by atoms with Crippen LogP contribution in [0.15, 0.2) is 85.3 Å². The SMILES string of the molecule is N#Cc1ccc(-c2cnc3ncc(-c4ccc(C(=O)N5CCOCC5)c(CN5Oc6ccccc6O5)c4)cn23)cc1. The maximum atomic E-state index is 13.6. The number of nitrogens with zero attached hydrogens (tertiary/aromatic N) is 6. The lowest BCUT2D eigenvalue weighted by molar-refractivity contribution is -0.233. The van der Waals surface area contributed by atoms with Crippen LogP contribution in [0.3, 0.4) is 0 Å². The molecule has 0 radical (unpaired) electrons. The second-order valence-electron chi connectivity index (χ2n) is 9.74. The summed E-state index contributed by atoms with van der Waals surface area (Å²) in [6, 6.07) is 22.7. The molecule has 2 aromatic heterocycles. The van der Waals surface area contributed by atoms with E-state index in [1.54, 1.807) is 24.5 Å². The minimum absolute atomic E-state index is 0.0575. The highest BCUT2D eigenvalue weighted by atomic mass is 17.0. The minimum atomic E-state index is -0.0575. The Labute approximate surface area is 235 Å². The Morgan fingerprint density at radius 1 is 0.878 bits per heavy atom. The standard InChI is InChI=1S/C31H24N6O4/c32-16-21-5-7-22(8-6-21)27-18-34-31-33-17-25(19-36(27)31)23-9-10-26(30(38)35-11-13-39-14-12-35)24(15-23)20-37-40-28-3-1-2-4-29(28)41-37/h1-10,15,17-19H,11-14,20H2. The monoisotopic (exact) mass is 544 g/mol. The average molecular weight is 545 g/mol. The number of hydroxylamine groups is 2. The molecular formula is C31H24N6O4. The van der Waals surface area contributed by atoms with Crippen LogP contribution in [0.2, 0.25) is 0 Å². The molecule has 10 nitrogen and oxygen atoms in total. The van der Waals surface area contributed by atoms with E-state index in [4.69, 9.17) is 19.7 Å². The van der Waals surface area contributed by atoms with Crippen molar-refractivity contribution in [2.24, 2.45) is 0 Å². The van der Waals surface area contributed by atoms with E-state index in [9.17, 15) is 4.79 Å². The first kappa shape index (κ1) is 24.8. The highest BCUT2D eigenvalue weighted by molar-refractivity contribution is 5.96. The number of hydrogen-bond acceptors (Lipinski definition) is 8. The second-order valence-corrected chi connectivity index (χ2v) is 9.74. The van der Waals surface area contributed by atoms with Gasteiger partial charge >= 0.3 is 0 Å². The van der Waals surface area contributed by atoms with Gasteiger partial charge in [0, 0.05) is 47.4 Å². The van der Waals surface area contributed by atoms with Crippen molar-refractivity contribution in [1.29, 1.82) is 5.26 Å². The van der Waals surface area contributed by atoms with Crippen LogP contribution in [0.1, 0.15) is 21.5 Å². The number of para-hydroxylation sites is 2. The molecule has 0 N–H and O–H groups in total.